The van der Waals surface area contributed by atoms with Gasteiger partial charge in [-0.1, -0.05) is 48.0 Å². The Balaban J connectivity index is 2.46. The van der Waals surface area contributed by atoms with Crippen molar-refractivity contribution in [2.45, 2.75) is 26.4 Å². The topological polar surface area (TPSA) is 38.0 Å². The van der Waals surface area contributed by atoms with E-state index in [9.17, 15) is 0 Å². The van der Waals surface area contributed by atoms with Crippen LogP contribution in [0.25, 0.3) is 0 Å². The molecule has 0 bridgehead atoms. The minimum absolute atomic E-state index is 0.214. The summed E-state index contributed by atoms with van der Waals surface area (Å²) >= 11 is 0. The predicted octanol–water partition coefficient (Wildman–Crippen LogP) is 3.07. The Morgan fingerprint density at radius 3 is 2.58 bits per heavy atom. The summed E-state index contributed by atoms with van der Waals surface area (Å²) in [5, 5.41) is 3.41. The lowest BCUT2D eigenvalue weighted by atomic mass is 9.93. The molecule has 0 fully saturated rings. The first-order valence-corrected chi connectivity index (χ1v) is 6.69. The van der Waals surface area contributed by atoms with Crippen LogP contribution in [0.5, 0.6) is 0 Å². The lowest BCUT2D eigenvalue weighted by Gasteiger charge is -2.20. The van der Waals surface area contributed by atoms with Crippen LogP contribution in [0.2, 0.25) is 0 Å². The predicted molar refractivity (Wildman–Crippen MR) is 81.2 cm³/mol. The molecule has 0 heterocycles. The molecule has 0 spiro atoms. The van der Waals surface area contributed by atoms with Crippen LogP contribution in [0.3, 0.4) is 0 Å². The molecule has 0 saturated heterocycles. The number of hydrogen-bond donors (Lipinski definition) is 2. The number of aryl methyl sites for hydroxylation is 2. The van der Waals surface area contributed by atoms with Gasteiger partial charge in [-0.2, -0.15) is 0 Å². The van der Waals surface area contributed by atoms with Crippen molar-refractivity contribution in [1.82, 2.24) is 5.32 Å². The normalized spacial score (nSPS) is 12.4. The van der Waals surface area contributed by atoms with Crippen molar-refractivity contribution in [3.05, 3.63) is 70.3 Å². The maximum Gasteiger partial charge on any atom is 0.0577 e. The third-order valence-corrected chi connectivity index (χ3v) is 3.55. The Morgan fingerprint density at radius 2 is 1.89 bits per heavy atom. The molecule has 2 nitrogen and oxygen atoms in total. The molecule has 2 aromatic carbocycles. The average Bonchev–Trinajstić information content (AvgIpc) is 2.44. The summed E-state index contributed by atoms with van der Waals surface area (Å²) in [6.07, 6.45) is 0. The second kappa shape index (κ2) is 6.00. The molecule has 0 saturated carbocycles. The molecule has 19 heavy (non-hydrogen) atoms. The van der Waals surface area contributed by atoms with Gasteiger partial charge in [0.05, 0.1) is 6.04 Å². The second-order valence-corrected chi connectivity index (χ2v) is 5.03. The Labute approximate surface area is 115 Å². The van der Waals surface area contributed by atoms with Gasteiger partial charge in [0.25, 0.3) is 0 Å². The third kappa shape index (κ3) is 3.03. The van der Waals surface area contributed by atoms with Gasteiger partial charge >= 0.3 is 0 Å². The summed E-state index contributed by atoms with van der Waals surface area (Å²) in [6.45, 7) is 4.87. The van der Waals surface area contributed by atoms with Crippen LogP contribution in [-0.4, -0.2) is 7.05 Å². The minimum atomic E-state index is 0.214. The van der Waals surface area contributed by atoms with E-state index < -0.39 is 0 Å². The lowest BCUT2D eigenvalue weighted by Crippen LogP contribution is -2.19. The van der Waals surface area contributed by atoms with Gasteiger partial charge in [0.15, 0.2) is 0 Å². The zero-order valence-corrected chi connectivity index (χ0v) is 11.9. The highest BCUT2D eigenvalue weighted by atomic mass is 14.9. The van der Waals surface area contributed by atoms with Gasteiger partial charge in [0, 0.05) is 6.54 Å². The largest absolute Gasteiger partial charge is 0.326 e. The molecule has 2 aromatic rings. The van der Waals surface area contributed by atoms with E-state index in [1.807, 2.05) is 7.05 Å². The summed E-state index contributed by atoms with van der Waals surface area (Å²) in [5.41, 5.74) is 12.1. The van der Waals surface area contributed by atoms with Crippen molar-refractivity contribution in [2.24, 2.45) is 5.73 Å². The smallest absolute Gasteiger partial charge is 0.0577 e. The number of benzene rings is 2. The molecule has 100 valence electrons. The van der Waals surface area contributed by atoms with Gasteiger partial charge in [-0.15, -0.1) is 0 Å². The second-order valence-electron chi connectivity index (χ2n) is 5.03. The van der Waals surface area contributed by atoms with E-state index in [-0.39, 0.29) is 6.04 Å². The van der Waals surface area contributed by atoms with E-state index in [0.717, 1.165) is 0 Å². The number of nitrogens with two attached hydrogens (primary N) is 1. The summed E-state index contributed by atoms with van der Waals surface area (Å²) in [7, 11) is 2.00. The maximum absolute atomic E-state index is 5.73. The van der Waals surface area contributed by atoms with Gasteiger partial charge in [-0.3, -0.25) is 0 Å². The highest BCUT2D eigenvalue weighted by Crippen LogP contribution is 2.26. The molecular formula is C17H22N2. The third-order valence-electron chi connectivity index (χ3n) is 3.55. The summed E-state index contributed by atoms with van der Waals surface area (Å²) in [4.78, 5) is 0. The summed E-state index contributed by atoms with van der Waals surface area (Å²) < 4.78 is 0. The Kier molecular flexibility index (Phi) is 4.35. The van der Waals surface area contributed by atoms with Crippen LogP contribution in [0.15, 0.2) is 42.5 Å². The van der Waals surface area contributed by atoms with E-state index in [2.05, 4.69) is 61.6 Å². The highest BCUT2D eigenvalue weighted by molar-refractivity contribution is 5.40. The van der Waals surface area contributed by atoms with Gasteiger partial charge < -0.3 is 11.1 Å². The van der Waals surface area contributed by atoms with Gasteiger partial charge in [0.2, 0.25) is 0 Å². The van der Waals surface area contributed by atoms with Crippen molar-refractivity contribution >= 4 is 0 Å². The van der Waals surface area contributed by atoms with Crippen LogP contribution in [0.4, 0.5) is 0 Å². The summed E-state index contributed by atoms with van der Waals surface area (Å²) in [5.74, 6) is 0. The van der Waals surface area contributed by atoms with Gasteiger partial charge in [-0.25, -0.2) is 0 Å². The minimum Gasteiger partial charge on any atom is -0.326 e. The van der Waals surface area contributed by atoms with Crippen LogP contribution < -0.4 is 11.1 Å². The molecule has 2 rings (SSSR count). The molecule has 1 atom stereocenters. The molecule has 1 unspecified atom stereocenters. The number of rotatable bonds is 4. The molecule has 2 heteroatoms. The fraction of sp³-hybridized carbons (Fsp3) is 0.294. The first-order chi connectivity index (χ1) is 9.15. The maximum atomic E-state index is 5.73. The van der Waals surface area contributed by atoms with Crippen molar-refractivity contribution in [3.8, 4) is 0 Å². The number of hydrogen-bond acceptors (Lipinski definition) is 2. The molecule has 0 aromatic heterocycles. The average molecular weight is 254 g/mol. The van der Waals surface area contributed by atoms with E-state index in [4.69, 9.17) is 5.73 Å². The lowest BCUT2D eigenvalue weighted by molar-refractivity contribution is 0.686. The van der Waals surface area contributed by atoms with Crippen LogP contribution >= 0.6 is 0 Å². The first-order valence-electron chi connectivity index (χ1n) is 6.69. The van der Waals surface area contributed by atoms with E-state index in [1.54, 1.807) is 0 Å². The molecule has 0 radical (unpaired) electrons. The van der Waals surface area contributed by atoms with Crippen molar-refractivity contribution in [1.29, 1.82) is 0 Å². The van der Waals surface area contributed by atoms with E-state index in [0.29, 0.717) is 6.54 Å². The SMILES string of the molecule is CNC(c1cccc(CN)c1)c1cc(C)ccc1C. The number of nitrogens with one attached hydrogen (secondary N) is 1. The van der Waals surface area contributed by atoms with Crippen molar-refractivity contribution in [3.63, 3.8) is 0 Å². The Hall–Kier alpha value is -1.64. The van der Waals surface area contributed by atoms with Crippen molar-refractivity contribution < 1.29 is 0 Å². The molecule has 0 aliphatic heterocycles. The standard InChI is InChI=1S/C17H22N2/c1-12-7-8-13(2)16(9-12)17(19-3)15-6-4-5-14(10-15)11-18/h4-10,17,19H,11,18H2,1-3H3. The Morgan fingerprint density at radius 1 is 1.11 bits per heavy atom. The van der Waals surface area contributed by atoms with Gasteiger partial charge in [0.1, 0.15) is 0 Å². The molecule has 0 aliphatic rings. The Bertz CT molecular complexity index is 561. The van der Waals surface area contributed by atoms with Crippen LogP contribution in [-0.2, 0) is 6.54 Å². The zero-order valence-electron chi connectivity index (χ0n) is 11.9. The first kappa shape index (κ1) is 13.8. The van der Waals surface area contributed by atoms with E-state index in [1.165, 1.54) is 27.8 Å². The molecular weight excluding hydrogens is 232 g/mol. The van der Waals surface area contributed by atoms with Gasteiger partial charge in [-0.05, 0) is 43.1 Å². The van der Waals surface area contributed by atoms with Crippen LogP contribution in [0, 0.1) is 13.8 Å². The van der Waals surface area contributed by atoms with Crippen molar-refractivity contribution in [2.75, 3.05) is 7.05 Å². The fourth-order valence-electron chi connectivity index (χ4n) is 2.47. The van der Waals surface area contributed by atoms with E-state index >= 15 is 0 Å². The quantitative estimate of drug-likeness (QED) is 0.880. The molecule has 0 amide bonds. The zero-order chi connectivity index (χ0) is 13.8. The monoisotopic (exact) mass is 254 g/mol. The molecule has 0 aliphatic carbocycles. The molecule has 3 N–H and O–H groups in total. The summed E-state index contributed by atoms with van der Waals surface area (Å²) in [6, 6.07) is 15.3. The highest BCUT2D eigenvalue weighted by Gasteiger charge is 2.14. The fourth-order valence-corrected chi connectivity index (χ4v) is 2.47. The van der Waals surface area contributed by atoms with Crippen LogP contribution in [0.1, 0.15) is 33.9 Å².